The van der Waals surface area contributed by atoms with E-state index in [1.165, 1.54) is 33.9 Å². The van der Waals surface area contributed by atoms with Crippen molar-refractivity contribution < 1.29 is 23.4 Å². The van der Waals surface area contributed by atoms with Gasteiger partial charge in [-0.05, 0) is 12.1 Å². The number of rotatable bonds is 5. The summed E-state index contributed by atoms with van der Waals surface area (Å²) in [4.78, 5) is 12.3. The summed E-state index contributed by atoms with van der Waals surface area (Å²) >= 11 is 0. The van der Waals surface area contributed by atoms with Crippen molar-refractivity contribution in [3.05, 3.63) is 41.9 Å². The summed E-state index contributed by atoms with van der Waals surface area (Å²) in [5, 5.41) is 0. The lowest BCUT2D eigenvalue weighted by atomic mass is 10.0. The number of hydrogen-bond donors (Lipinski definition) is 0. The van der Waals surface area contributed by atoms with E-state index in [1.807, 2.05) is 0 Å². The lowest BCUT2D eigenvalue weighted by Crippen LogP contribution is -2.04. The first kappa shape index (κ1) is 13.0. The summed E-state index contributed by atoms with van der Waals surface area (Å²) in [6.07, 6.45) is 2.83. The Morgan fingerprint density at radius 1 is 1.00 bits per heavy atom. The predicted molar refractivity (Wildman–Crippen MR) is 68.2 cm³/mol. The highest BCUT2D eigenvalue weighted by Crippen LogP contribution is 2.35. The Morgan fingerprint density at radius 3 is 2.16 bits per heavy atom. The fraction of sp³-hybridized carbons (Fsp3) is 0.214. The van der Waals surface area contributed by atoms with Gasteiger partial charge in [0.2, 0.25) is 0 Å². The van der Waals surface area contributed by atoms with E-state index >= 15 is 0 Å². The zero-order valence-electron chi connectivity index (χ0n) is 10.9. The molecule has 1 aromatic carbocycles. The highest BCUT2D eigenvalue weighted by atomic mass is 16.5. The van der Waals surface area contributed by atoms with E-state index < -0.39 is 0 Å². The minimum atomic E-state index is -0.202. The number of hydrogen-bond acceptors (Lipinski definition) is 5. The Labute approximate surface area is 110 Å². The average molecular weight is 262 g/mol. The van der Waals surface area contributed by atoms with Crippen LogP contribution >= 0.6 is 0 Å². The smallest absolute Gasteiger partial charge is 0.200 e. The van der Waals surface area contributed by atoms with Crippen LogP contribution in [0.3, 0.4) is 0 Å². The molecule has 2 rings (SSSR count). The Hall–Kier alpha value is -2.43. The first-order chi connectivity index (χ1) is 9.21. The van der Waals surface area contributed by atoms with Crippen LogP contribution in [0, 0.1) is 0 Å². The third-order valence-electron chi connectivity index (χ3n) is 2.73. The third kappa shape index (κ3) is 2.40. The summed E-state index contributed by atoms with van der Waals surface area (Å²) in [5.41, 5.74) is 0.840. The lowest BCUT2D eigenvalue weighted by molar-refractivity contribution is 0.103. The second kappa shape index (κ2) is 5.48. The van der Waals surface area contributed by atoms with Crippen LogP contribution in [0.4, 0.5) is 0 Å². The first-order valence-corrected chi connectivity index (χ1v) is 5.58. The molecule has 0 unspecified atom stereocenters. The molecule has 0 bridgehead atoms. The van der Waals surface area contributed by atoms with Crippen molar-refractivity contribution in [3.8, 4) is 17.2 Å². The van der Waals surface area contributed by atoms with Gasteiger partial charge in [0, 0.05) is 6.07 Å². The minimum absolute atomic E-state index is 0.202. The second-order valence-electron chi connectivity index (χ2n) is 3.75. The summed E-state index contributed by atoms with van der Waals surface area (Å²) < 4.78 is 20.5. The molecule has 100 valence electrons. The molecule has 0 spiro atoms. The SMILES string of the molecule is COc1cc(OC)c(C(=O)c2ccoc2)cc1OC. The van der Waals surface area contributed by atoms with Crippen molar-refractivity contribution in [2.75, 3.05) is 21.3 Å². The molecule has 1 aromatic heterocycles. The molecule has 1 heterocycles. The molecule has 0 saturated heterocycles. The Balaban J connectivity index is 2.52. The van der Waals surface area contributed by atoms with Crippen LogP contribution < -0.4 is 14.2 Å². The zero-order chi connectivity index (χ0) is 13.8. The van der Waals surface area contributed by atoms with Gasteiger partial charge in [0.05, 0.1) is 38.7 Å². The van der Waals surface area contributed by atoms with Crippen LogP contribution in [0.2, 0.25) is 0 Å². The summed E-state index contributed by atoms with van der Waals surface area (Å²) in [5.74, 6) is 1.19. The van der Waals surface area contributed by atoms with Crippen molar-refractivity contribution in [2.24, 2.45) is 0 Å². The van der Waals surface area contributed by atoms with Gasteiger partial charge in [-0.1, -0.05) is 0 Å². The van der Waals surface area contributed by atoms with E-state index in [9.17, 15) is 4.79 Å². The quantitative estimate of drug-likeness (QED) is 0.775. The molecule has 0 radical (unpaired) electrons. The van der Waals surface area contributed by atoms with Crippen molar-refractivity contribution in [1.82, 2.24) is 0 Å². The molecule has 0 aliphatic heterocycles. The van der Waals surface area contributed by atoms with E-state index in [0.29, 0.717) is 28.4 Å². The van der Waals surface area contributed by atoms with E-state index in [-0.39, 0.29) is 5.78 Å². The van der Waals surface area contributed by atoms with Gasteiger partial charge in [-0.2, -0.15) is 0 Å². The molecule has 0 atom stereocenters. The van der Waals surface area contributed by atoms with Crippen LogP contribution in [0.25, 0.3) is 0 Å². The molecule has 19 heavy (non-hydrogen) atoms. The number of ketones is 1. The van der Waals surface area contributed by atoms with Crippen molar-refractivity contribution in [2.45, 2.75) is 0 Å². The number of methoxy groups -OCH3 is 3. The molecule has 0 aliphatic carbocycles. The fourth-order valence-corrected chi connectivity index (χ4v) is 1.76. The Bertz CT molecular complexity index is 572. The fourth-order valence-electron chi connectivity index (χ4n) is 1.76. The normalized spacial score (nSPS) is 10.1. The van der Waals surface area contributed by atoms with Gasteiger partial charge in [-0.3, -0.25) is 4.79 Å². The number of carbonyl (C=O) groups is 1. The summed E-state index contributed by atoms with van der Waals surface area (Å²) in [6, 6.07) is 4.80. The molecule has 0 aliphatic rings. The Kier molecular flexibility index (Phi) is 3.75. The van der Waals surface area contributed by atoms with Crippen LogP contribution in [-0.2, 0) is 0 Å². The highest BCUT2D eigenvalue weighted by molar-refractivity contribution is 6.10. The number of furan rings is 1. The van der Waals surface area contributed by atoms with Crippen LogP contribution in [0.15, 0.2) is 35.1 Å². The maximum Gasteiger partial charge on any atom is 0.200 e. The van der Waals surface area contributed by atoms with Crippen LogP contribution in [0.1, 0.15) is 15.9 Å². The third-order valence-corrected chi connectivity index (χ3v) is 2.73. The number of ether oxygens (including phenoxy) is 3. The van der Waals surface area contributed by atoms with Gasteiger partial charge in [0.25, 0.3) is 0 Å². The van der Waals surface area contributed by atoms with Gasteiger partial charge in [0.15, 0.2) is 17.3 Å². The van der Waals surface area contributed by atoms with Gasteiger partial charge in [-0.15, -0.1) is 0 Å². The monoisotopic (exact) mass is 262 g/mol. The van der Waals surface area contributed by atoms with Gasteiger partial charge in [0.1, 0.15) is 12.0 Å². The highest BCUT2D eigenvalue weighted by Gasteiger charge is 2.19. The molecule has 5 heteroatoms. The summed E-state index contributed by atoms with van der Waals surface area (Å²) in [7, 11) is 4.53. The van der Waals surface area contributed by atoms with Gasteiger partial charge >= 0.3 is 0 Å². The molecular formula is C14H14O5. The molecule has 0 N–H and O–H groups in total. The lowest BCUT2D eigenvalue weighted by Gasteiger charge is -2.12. The maximum absolute atomic E-state index is 12.3. The topological polar surface area (TPSA) is 57.9 Å². The minimum Gasteiger partial charge on any atom is -0.496 e. The van der Waals surface area contributed by atoms with Crippen LogP contribution in [-0.4, -0.2) is 27.1 Å². The molecular weight excluding hydrogens is 248 g/mol. The molecule has 2 aromatic rings. The van der Waals surface area contributed by atoms with E-state index in [2.05, 4.69) is 0 Å². The number of benzene rings is 1. The second-order valence-corrected chi connectivity index (χ2v) is 3.75. The average Bonchev–Trinajstić information content (AvgIpc) is 2.99. The van der Waals surface area contributed by atoms with E-state index in [1.54, 1.807) is 18.2 Å². The summed E-state index contributed by atoms with van der Waals surface area (Å²) in [6.45, 7) is 0. The Morgan fingerprint density at radius 2 is 1.63 bits per heavy atom. The molecule has 5 nitrogen and oxygen atoms in total. The standard InChI is InChI=1S/C14H14O5/c1-16-11-7-13(18-3)12(17-2)6-10(11)14(15)9-4-5-19-8-9/h4-8H,1-3H3. The predicted octanol–water partition coefficient (Wildman–Crippen LogP) is 2.54. The maximum atomic E-state index is 12.3. The van der Waals surface area contributed by atoms with Gasteiger partial charge < -0.3 is 18.6 Å². The molecule has 0 saturated carbocycles. The van der Waals surface area contributed by atoms with Crippen LogP contribution in [0.5, 0.6) is 17.2 Å². The van der Waals surface area contributed by atoms with Gasteiger partial charge in [-0.25, -0.2) is 0 Å². The van der Waals surface area contributed by atoms with E-state index in [4.69, 9.17) is 18.6 Å². The molecule has 0 fully saturated rings. The van der Waals surface area contributed by atoms with Crippen molar-refractivity contribution in [3.63, 3.8) is 0 Å². The number of carbonyl (C=O) groups excluding carboxylic acids is 1. The first-order valence-electron chi connectivity index (χ1n) is 5.58. The zero-order valence-corrected chi connectivity index (χ0v) is 10.9. The largest absolute Gasteiger partial charge is 0.496 e. The van der Waals surface area contributed by atoms with Crippen molar-refractivity contribution in [1.29, 1.82) is 0 Å². The van der Waals surface area contributed by atoms with Crippen molar-refractivity contribution >= 4 is 5.78 Å². The molecule has 0 amide bonds. The van der Waals surface area contributed by atoms with E-state index in [0.717, 1.165) is 0 Å².